The zero-order valence-electron chi connectivity index (χ0n) is 11.0. The molecule has 1 aliphatic carbocycles. The summed E-state index contributed by atoms with van der Waals surface area (Å²) < 4.78 is 11.7. The molecule has 5 heteroatoms. The van der Waals surface area contributed by atoms with Gasteiger partial charge in [-0.1, -0.05) is 13.8 Å². The molecular weight excluding hydrogens is 227 g/mol. The fourth-order valence-corrected chi connectivity index (χ4v) is 2.32. The van der Waals surface area contributed by atoms with Crippen LogP contribution in [0.3, 0.4) is 0 Å². The molecule has 18 heavy (non-hydrogen) atoms. The third-order valence-electron chi connectivity index (χ3n) is 3.68. The summed E-state index contributed by atoms with van der Waals surface area (Å²) in [6.07, 6.45) is 5.67. The van der Waals surface area contributed by atoms with Crippen molar-refractivity contribution in [3.8, 4) is 0 Å². The van der Waals surface area contributed by atoms with E-state index in [-0.39, 0.29) is 18.1 Å². The van der Waals surface area contributed by atoms with Crippen LogP contribution >= 0.6 is 0 Å². The average molecular weight is 246 g/mol. The molecule has 0 radical (unpaired) electrons. The molecule has 1 aliphatic heterocycles. The van der Waals surface area contributed by atoms with E-state index in [9.17, 15) is 0 Å². The fourth-order valence-electron chi connectivity index (χ4n) is 2.32. The summed E-state index contributed by atoms with van der Waals surface area (Å²) in [5.74, 6) is 0. The highest BCUT2D eigenvalue weighted by atomic mass is 16.6. The molecule has 2 heterocycles. The molecule has 1 aromatic heterocycles. The van der Waals surface area contributed by atoms with Crippen molar-refractivity contribution in [1.29, 1.82) is 0 Å². The Hall–Kier alpha value is -0.905. The molecule has 3 rings (SSSR count). The summed E-state index contributed by atoms with van der Waals surface area (Å²) in [6, 6.07) is 1.99. The van der Waals surface area contributed by atoms with Gasteiger partial charge in [0.1, 0.15) is 0 Å². The van der Waals surface area contributed by atoms with Gasteiger partial charge in [-0.2, -0.15) is 0 Å². The van der Waals surface area contributed by atoms with E-state index >= 15 is 0 Å². The number of rotatable bonds is 2. The molecule has 0 aromatic carbocycles. The number of nitrogens with zero attached hydrogens (tertiary/aromatic N) is 1. The van der Waals surface area contributed by atoms with Crippen LogP contribution in [0.15, 0.2) is 18.5 Å². The highest BCUT2D eigenvalue weighted by Crippen LogP contribution is 2.41. The first kappa shape index (κ1) is 12.1. The lowest BCUT2D eigenvalue weighted by Crippen LogP contribution is -2.50. The Bertz CT molecular complexity index is 450. The maximum atomic E-state index is 6.29. The Kier molecular flexibility index (Phi) is 2.73. The van der Waals surface area contributed by atoms with Crippen molar-refractivity contribution in [2.45, 2.75) is 32.2 Å². The van der Waals surface area contributed by atoms with Crippen LogP contribution in [0.1, 0.15) is 32.3 Å². The average Bonchev–Trinajstić information content (AvgIpc) is 3.09. The van der Waals surface area contributed by atoms with E-state index < -0.39 is 0 Å². The van der Waals surface area contributed by atoms with Crippen LogP contribution in [-0.2, 0) is 14.8 Å². The highest BCUT2D eigenvalue weighted by Gasteiger charge is 2.45. The van der Waals surface area contributed by atoms with Gasteiger partial charge in [0, 0.05) is 42.0 Å². The van der Waals surface area contributed by atoms with E-state index in [1.807, 2.05) is 12.3 Å². The van der Waals surface area contributed by atoms with Crippen LogP contribution in [0, 0.1) is 5.41 Å². The maximum Gasteiger partial charge on any atom is 0.495 e. The molecule has 2 aliphatic rings. The Morgan fingerprint density at radius 1 is 1.28 bits per heavy atom. The maximum absolute atomic E-state index is 6.29. The summed E-state index contributed by atoms with van der Waals surface area (Å²) in [6.45, 7) is 5.67. The SMILES string of the molecule is CC1(C)COB(c2cnccc2C2(N)CC2)OC1. The van der Waals surface area contributed by atoms with Crippen LogP contribution in [0.25, 0.3) is 0 Å². The summed E-state index contributed by atoms with van der Waals surface area (Å²) in [5, 5.41) is 0. The zero-order valence-corrected chi connectivity index (χ0v) is 11.0. The Balaban J connectivity index is 1.85. The molecule has 1 aromatic rings. The zero-order chi connectivity index (χ0) is 12.8. The smallest absolute Gasteiger partial charge is 0.407 e. The number of aromatic nitrogens is 1. The van der Waals surface area contributed by atoms with Gasteiger partial charge in [-0.25, -0.2) is 0 Å². The van der Waals surface area contributed by atoms with Gasteiger partial charge in [0.25, 0.3) is 0 Å². The van der Waals surface area contributed by atoms with Gasteiger partial charge in [0.05, 0.1) is 0 Å². The number of pyridine rings is 1. The van der Waals surface area contributed by atoms with Gasteiger partial charge in [-0.15, -0.1) is 0 Å². The fraction of sp³-hybridized carbons (Fsp3) is 0.615. The first-order chi connectivity index (χ1) is 8.50. The van der Waals surface area contributed by atoms with Crippen LogP contribution in [0.5, 0.6) is 0 Å². The first-order valence-electron chi connectivity index (χ1n) is 6.47. The van der Waals surface area contributed by atoms with Crippen molar-refractivity contribution < 1.29 is 9.31 Å². The summed E-state index contributed by atoms with van der Waals surface area (Å²) in [5.41, 5.74) is 8.31. The lowest BCUT2D eigenvalue weighted by atomic mass is 9.72. The normalized spacial score (nSPS) is 24.9. The second-order valence-electron chi connectivity index (χ2n) is 6.24. The molecule has 1 saturated heterocycles. The molecule has 0 bridgehead atoms. The largest absolute Gasteiger partial charge is 0.495 e. The second-order valence-corrected chi connectivity index (χ2v) is 6.24. The lowest BCUT2D eigenvalue weighted by molar-refractivity contribution is 0.0342. The van der Waals surface area contributed by atoms with Crippen molar-refractivity contribution in [3.05, 3.63) is 24.0 Å². The van der Waals surface area contributed by atoms with E-state index in [1.54, 1.807) is 6.20 Å². The summed E-state index contributed by atoms with van der Waals surface area (Å²) >= 11 is 0. The van der Waals surface area contributed by atoms with Gasteiger partial charge < -0.3 is 15.0 Å². The lowest BCUT2D eigenvalue weighted by Gasteiger charge is -2.33. The predicted molar refractivity (Wildman–Crippen MR) is 70.4 cm³/mol. The topological polar surface area (TPSA) is 57.4 Å². The Labute approximate surface area is 108 Å². The molecule has 4 nitrogen and oxygen atoms in total. The van der Waals surface area contributed by atoms with Crippen molar-refractivity contribution in [2.75, 3.05) is 13.2 Å². The minimum atomic E-state index is -0.317. The molecule has 0 spiro atoms. The molecule has 0 atom stereocenters. The van der Waals surface area contributed by atoms with Gasteiger partial charge in [-0.05, 0) is 24.5 Å². The minimum Gasteiger partial charge on any atom is -0.407 e. The van der Waals surface area contributed by atoms with E-state index in [4.69, 9.17) is 15.0 Å². The highest BCUT2D eigenvalue weighted by molar-refractivity contribution is 6.62. The molecule has 96 valence electrons. The Morgan fingerprint density at radius 2 is 1.94 bits per heavy atom. The monoisotopic (exact) mass is 246 g/mol. The third-order valence-corrected chi connectivity index (χ3v) is 3.68. The van der Waals surface area contributed by atoms with Crippen LogP contribution in [-0.4, -0.2) is 25.3 Å². The molecule has 1 saturated carbocycles. The predicted octanol–water partition coefficient (Wildman–Crippen LogP) is 0.798. The third kappa shape index (κ3) is 2.18. The quantitative estimate of drug-likeness (QED) is 0.784. The number of hydrogen-bond donors (Lipinski definition) is 1. The standard InChI is InChI=1S/C13H19BN2O2/c1-12(2)8-17-14(18-9-12)11-7-16-6-3-10(11)13(15)4-5-13/h3,6-7H,4-5,8-9,15H2,1-2H3. The van der Waals surface area contributed by atoms with Gasteiger partial charge in [0.15, 0.2) is 0 Å². The van der Waals surface area contributed by atoms with Gasteiger partial charge in [0.2, 0.25) is 0 Å². The first-order valence-corrected chi connectivity index (χ1v) is 6.47. The van der Waals surface area contributed by atoms with Crippen LogP contribution in [0.2, 0.25) is 0 Å². The van der Waals surface area contributed by atoms with E-state index in [0.29, 0.717) is 13.2 Å². The van der Waals surface area contributed by atoms with E-state index in [2.05, 4.69) is 18.8 Å². The van der Waals surface area contributed by atoms with E-state index in [1.165, 1.54) is 0 Å². The number of hydrogen-bond acceptors (Lipinski definition) is 4. The molecule has 0 unspecified atom stereocenters. The van der Waals surface area contributed by atoms with Crippen molar-refractivity contribution in [1.82, 2.24) is 4.98 Å². The molecule has 2 fully saturated rings. The van der Waals surface area contributed by atoms with Gasteiger partial charge >= 0.3 is 7.12 Å². The molecule has 0 amide bonds. The molecular formula is C13H19BN2O2. The van der Waals surface area contributed by atoms with Crippen molar-refractivity contribution in [3.63, 3.8) is 0 Å². The summed E-state index contributed by atoms with van der Waals surface area (Å²) in [7, 11) is -0.317. The van der Waals surface area contributed by atoms with E-state index in [0.717, 1.165) is 23.9 Å². The summed E-state index contributed by atoms with van der Waals surface area (Å²) in [4.78, 5) is 4.18. The minimum absolute atomic E-state index is 0.0822. The number of nitrogens with two attached hydrogens (primary N) is 1. The van der Waals surface area contributed by atoms with Crippen molar-refractivity contribution in [2.24, 2.45) is 11.1 Å². The Morgan fingerprint density at radius 3 is 2.56 bits per heavy atom. The second kappa shape index (κ2) is 4.05. The van der Waals surface area contributed by atoms with Crippen LogP contribution in [0.4, 0.5) is 0 Å². The van der Waals surface area contributed by atoms with Gasteiger partial charge in [-0.3, -0.25) is 4.98 Å². The van der Waals surface area contributed by atoms with Crippen LogP contribution < -0.4 is 11.2 Å². The molecule has 2 N–H and O–H groups in total. The van der Waals surface area contributed by atoms with Crippen molar-refractivity contribution >= 4 is 12.6 Å².